The number of rotatable bonds is 7. The molecule has 0 aromatic heterocycles. The summed E-state index contributed by atoms with van der Waals surface area (Å²) in [5.41, 5.74) is 2.06. The summed E-state index contributed by atoms with van der Waals surface area (Å²) in [6.45, 7) is 5.54. The van der Waals surface area contributed by atoms with Crippen molar-refractivity contribution in [3.05, 3.63) is 47.5 Å². The third-order valence-corrected chi connectivity index (χ3v) is 6.67. The van der Waals surface area contributed by atoms with Crippen molar-refractivity contribution < 1.29 is 23.8 Å². The number of ether oxygens (including phenoxy) is 3. The molecule has 9 heteroatoms. The smallest absolute Gasteiger partial charge is 0.252 e. The van der Waals surface area contributed by atoms with Crippen LogP contribution in [0, 0.1) is 0 Å². The summed E-state index contributed by atoms with van der Waals surface area (Å²) in [4.78, 5) is 28.4. The Hall–Kier alpha value is -2.75. The minimum atomic E-state index is -0.277. The van der Waals surface area contributed by atoms with Gasteiger partial charge in [0.15, 0.2) is 11.5 Å². The highest BCUT2D eigenvalue weighted by Crippen LogP contribution is 2.37. The minimum absolute atomic E-state index is 0.0663. The molecule has 32 heavy (non-hydrogen) atoms. The van der Waals surface area contributed by atoms with Crippen molar-refractivity contribution in [2.24, 2.45) is 0 Å². The molecule has 8 nitrogen and oxygen atoms in total. The van der Waals surface area contributed by atoms with E-state index in [2.05, 4.69) is 15.5 Å². The lowest BCUT2D eigenvalue weighted by Gasteiger charge is -2.35. The Kier molecular flexibility index (Phi) is 7.19. The Morgan fingerprint density at radius 1 is 1.22 bits per heavy atom. The van der Waals surface area contributed by atoms with Gasteiger partial charge in [-0.25, -0.2) is 0 Å². The molecule has 2 N–H and O–H groups in total. The summed E-state index contributed by atoms with van der Waals surface area (Å²) in [6, 6.07) is 11.0. The lowest BCUT2D eigenvalue weighted by atomic mass is 10.1. The number of thioether (sulfide) groups is 1. The number of methoxy groups -OCH3 is 1. The summed E-state index contributed by atoms with van der Waals surface area (Å²) in [6.07, 6.45) is 0. The molecule has 0 radical (unpaired) electrons. The van der Waals surface area contributed by atoms with Crippen LogP contribution < -0.4 is 20.1 Å². The third kappa shape index (κ3) is 5.01. The van der Waals surface area contributed by atoms with Crippen molar-refractivity contribution in [1.29, 1.82) is 0 Å². The molecular formula is C23H27N3O5S. The molecule has 2 amide bonds. The van der Waals surface area contributed by atoms with Gasteiger partial charge in [-0.1, -0.05) is 17.8 Å². The molecule has 1 fully saturated rings. The number of fused-ring (bicyclic) bond motifs is 1. The molecule has 1 saturated heterocycles. The monoisotopic (exact) mass is 457 g/mol. The average molecular weight is 458 g/mol. The second-order valence-corrected chi connectivity index (χ2v) is 8.54. The fourth-order valence-corrected chi connectivity index (χ4v) is 4.82. The molecule has 2 heterocycles. The van der Waals surface area contributed by atoms with Gasteiger partial charge in [0.2, 0.25) is 0 Å². The zero-order valence-electron chi connectivity index (χ0n) is 18.2. The maximum absolute atomic E-state index is 12.7. The molecule has 0 aliphatic carbocycles. The maximum atomic E-state index is 12.7. The molecule has 0 spiro atoms. The largest absolute Gasteiger partial charge is 0.493 e. The Balaban J connectivity index is 1.40. The molecule has 0 unspecified atom stereocenters. The van der Waals surface area contributed by atoms with E-state index in [1.165, 1.54) is 11.8 Å². The number of morpholine rings is 1. The van der Waals surface area contributed by atoms with Crippen LogP contribution in [-0.2, 0) is 16.1 Å². The standard InChI is InChI=1S/C23H27N3O5S/c1-3-31-18-6-4-15(12-19(18)29-2)14-24-21(27)16-5-7-20-17(13-16)25-22(28)23(32-20)26-8-10-30-11-9-26/h4-7,12-13,23H,3,8-11,14H2,1-2H3,(H,24,27)(H,25,28)/t23-/m1/s1. The van der Waals surface area contributed by atoms with Gasteiger partial charge in [0, 0.05) is 30.1 Å². The van der Waals surface area contributed by atoms with Crippen molar-refractivity contribution in [3.8, 4) is 11.5 Å². The quantitative estimate of drug-likeness (QED) is 0.661. The van der Waals surface area contributed by atoms with Gasteiger partial charge in [0.1, 0.15) is 5.37 Å². The van der Waals surface area contributed by atoms with Crippen LogP contribution in [0.15, 0.2) is 41.3 Å². The van der Waals surface area contributed by atoms with Gasteiger partial charge in [-0.3, -0.25) is 14.5 Å². The van der Waals surface area contributed by atoms with Gasteiger partial charge in [-0.2, -0.15) is 0 Å². The van der Waals surface area contributed by atoms with Crippen LogP contribution in [0.2, 0.25) is 0 Å². The first kappa shape index (κ1) is 22.4. The topological polar surface area (TPSA) is 89.1 Å². The normalized spacial score (nSPS) is 18.4. The second kappa shape index (κ2) is 10.2. The first-order valence-electron chi connectivity index (χ1n) is 10.6. The molecule has 2 aliphatic rings. The van der Waals surface area contributed by atoms with Gasteiger partial charge in [-0.05, 0) is 42.8 Å². The summed E-state index contributed by atoms with van der Waals surface area (Å²) in [5.74, 6) is 1.02. The number of carbonyl (C=O) groups excluding carboxylic acids is 2. The first-order chi connectivity index (χ1) is 15.6. The highest BCUT2D eigenvalue weighted by Gasteiger charge is 2.33. The predicted octanol–water partition coefficient (Wildman–Crippen LogP) is 2.73. The molecule has 2 aromatic carbocycles. The fourth-order valence-electron chi connectivity index (χ4n) is 3.67. The predicted molar refractivity (Wildman–Crippen MR) is 122 cm³/mol. The van der Waals surface area contributed by atoms with E-state index in [0.29, 0.717) is 49.1 Å². The summed E-state index contributed by atoms with van der Waals surface area (Å²) in [5, 5.41) is 5.60. The van der Waals surface area contributed by atoms with Gasteiger partial charge >= 0.3 is 0 Å². The van der Waals surface area contributed by atoms with Crippen molar-refractivity contribution in [2.45, 2.75) is 23.7 Å². The van der Waals surface area contributed by atoms with E-state index in [0.717, 1.165) is 23.5 Å². The Morgan fingerprint density at radius 3 is 2.78 bits per heavy atom. The highest BCUT2D eigenvalue weighted by molar-refractivity contribution is 8.00. The Bertz CT molecular complexity index is 994. The first-order valence-corrected chi connectivity index (χ1v) is 11.5. The molecule has 170 valence electrons. The number of carbonyl (C=O) groups is 2. The summed E-state index contributed by atoms with van der Waals surface area (Å²) >= 11 is 1.51. The van der Waals surface area contributed by atoms with Crippen LogP contribution in [0.25, 0.3) is 0 Å². The van der Waals surface area contributed by atoms with Gasteiger partial charge in [0.25, 0.3) is 11.8 Å². The van der Waals surface area contributed by atoms with E-state index in [9.17, 15) is 9.59 Å². The van der Waals surface area contributed by atoms with Gasteiger partial charge in [0.05, 0.1) is 32.6 Å². The van der Waals surface area contributed by atoms with Crippen molar-refractivity contribution in [1.82, 2.24) is 10.2 Å². The van der Waals surface area contributed by atoms with Crippen LogP contribution in [0.4, 0.5) is 5.69 Å². The molecule has 4 rings (SSSR count). The SMILES string of the molecule is CCOc1ccc(CNC(=O)c2ccc3c(c2)NC(=O)[C@H](N2CCOCC2)S3)cc1OC. The molecule has 1 atom stereocenters. The van der Waals surface area contributed by atoms with Gasteiger partial charge < -0.3 is 24.8 Å². The van der Waals surface area contributed by atoms with E-state index in [-0.39, 0.29) is 17.2 Å². The molecule has 0 bridgehead atoms. The number of hydrogen-bond donors (Lipinski definition) is 2. The van der Waals surface area contributed by atoms with Crippen LogP contribution in [0.5, 0.6) is 11.5 Å². The van der Waals surface area contributed by atoms with Crippen molar-refractivity contribution >= 4 is 29.3 Å². The van der Waals surface area contributed by atoms with E-state index < -0.39 is 0 Å². The van der Waals surface area contributed by atoms with E-state index in [4.69, 9.17) is 14.2 Å². The van der Waals surface area contributed by atoms with Crippen LogP contribution in [0.1, 0.15) is 22.8 Å². The lowest BCUT2D eigenvalue weighted by Crippen LogP contribution is -2.48. The van der Waals surface area contributed by atoms with E-state index in [1.54, 1.807) is 19.2 Å². The Labute approximate surface area is 191 Å². The van der Waals surface area contributed by atoms with Gasteiger partial charge in [-0.15, -0.1) is 0 Å². The van der Waals surface area contributed by atoms with Crippen molar-refractivity contribution in [3.63, 3.8) is 0 Å². The molecule has 0 saturated carbocycles. The van der Waals surface area contributed by atoms with E-state index >= 15 is 0 Å². The van der Waals surface area contributed by atoms with Crippen LogP contribution in [-0.4, -0.2) is 62.1 Å². The lowest BCUT2D eigenvalue weighted by molar-refractivity contribution is -0.119. The Morgan fingerprint density at radius 2 is 2.03 bits per heavy atom. The zero-order chi connectivity index (χ0) is 22.5. The average Bonchev–Trinajstić information content (AvgIpc) is 2.83. The number of hydrogen-bond acceptors (Lipinski definition) is 7. The van der Waals surface area contributed by atoms with Crippen molar-refractivity contribution in [2.75, 3.05) is 45.3 Å². The minimum Gasteiger partial charge on any atom is -0.493 e. The maximum Gasteiger partial charge on any atom is 0.252 e. The number of anilines is 1. The molecular weight excluding hydrogens is 430 g/mol. The van der Waals surface area contributed by atoms with Crippen LogP contribution >= 0.6 is 11.8 Å². The van der Waals surface area contributed by atoms with Crippen LogP contribution in [0.3, 0.4) is 0 Å². The molecule has 2 aromatic rings. The number of nitrogens with one attached hydrogen (secondary N) is 2. The second-order valence-electron chi connectivity index (χ2n) is 7.42. The summed E-state index contributed by atoms with van der Waals surface area (Å²) in [7, 11) is 1.59. The third-order valence-electron chi connectivity index (χ3n) is 5.32. The number of nitrogens with zero attached hydrogens (tertiary/aromatic N) is 1. The summed E-state index contributed by atoms with van der Waals surface area (Å²) < 4.78 is 16.3. The molecule has 2 aliphatic heterocycles. The van der Waals surface area contributed by atoms with E-state index in [1.807, 2.05) is 31.2 Å². The highest BCUT2D eigenvalue weighted by atomic mass is 32.2. The zero-order valence-corrected chi connectivity index (χ0v) is 19.0. The fraction of sp³-hybridized carbons (Fsp3) is 0.391. The number of benzene rings is 2. The number of amides is 2.